The van der Waals surface area contributed by atoms with Crippen molar-refractivity contribution in [3.05, 3.63) is 93.4 Å². The van der Waals surface area contributed by atoms with Crippen LogP contribution < -0.4 is 15.6 Å². The normalized spacial score (nSPS) is 11.7. The molecule has 0 radical (unpaired) electrons. The minimum atomic E-state index is -0.352. The third-order valence-corrected chi connectivity index (χ3v) is 4.61. The number of halogens is 1. The summed E-state index contributed by atoms with van der Waals surface area (Å²) in [6, 6.07) is 19.2. The molecule has 29 heavy (non-hydrogen) atoms. The topological polar surface area (TPSA) is 73.2 Å². The second kappa shape index (κ2) is 9.89. The molecule has 0 bridgehead atoms. The molecule has 1 heterocycles. The average Bonchev–Trinajstić information content (AvgIpc) is 2.74. The smallest absolute Gasteiger partial charge is 0.272 e. The van der Waals surface area contributed by atoms with Crippen LogP contribution in [0.25, 0.3) is 0 Å². The van der Waals surface area contributed by atoms with E-state index < -0.39 is 0 Å². The average molecular weight is 412 g/mol. The predicted octanol–water partition coefficient (Wildman–Crippen LogP) is 3.86. The largest absolute Gasteiger partial charge is 0.492 e. The molecule has 2 aromatic carbocycles. The fourth-order valence-electron chi connectivity index (χ4n) is 2.87. The molecular weight excluding hydrogens is 390 g/mol. The second-order valence-electron chi connectivity index (χ2n) is 6.43. The fourth-order valence-corrected chi connectivity index (χ4v) is 3.07. The molecule has 1 aromatic heterocycles. The van der Waals surface area contributed by atoms with Gasteiger partial charge in [0, 0.05) is 11.1 Å². The molecule has 0 saturated carbocycles. The van der Waals surface area contributed by atoms with Crippen LogP contribution in [0.5, 0.6) is 5.75 Å². The van der Waals surface area contributed by atoms with Gasteiger partial charge in [0.05, 0.1) is 12.6 Å². The van der Waals surface area contributed by atoms with Crippen LogP contribution in [0.2, 0.25) is 5.02 Å². The monoisotopic (exact) mass is 411 g/mol. The molecule has 0 fully saturated rings. The van der Waals surface area contributed by atoms with Crippen LogP contribution in [-0.2, 0) is 6.54 Å². The highest BCUT2D eigenvalue weighted by molar-refractivity contribution is 6.30. The molecule has 6 nitrogen and oxygen atoms in total. The first-order valence-corrected chi connectivity index (χ1v) is 9.77. The van der Waals surface area contributed by atoms with Crippen molar-refractivity contribution >= 4 is 17.5 Å². The summed E-state index contributed by atoms with van der Waals surface area (Å²) in [4.78, 5) is 24.8. The van der Waals surface area contributed by atoms with Crippen molar-refractivity contribution in [2.24, 2.45) is 0 Å². The number of nitrogens with zero attached hydrogens (tertiary/aromatic N) is 2. The molecule has 7 heteroatoms. The Morgan fingerprint density at radius 3 is 2.66 bits per heavy atom. The molecule has 3 aromatic rings. The first-order chi connectivity index (χ1) is 14.1. The summed E-state index contributed by atoms with van der Waals surface area (Å²) in [6.45, 7) is 2.48. The SMILES string of the molecule is CCC(NC(=O)c1ccc(=O)n(CCOc2ccccc2)n1)c1cccc(Cl)c1. The Morgan fingerprint density at radius 2 is 1.93 bits per heavy atom. The number of hydrogen-bond donors (Lipinski definition) is 1. The second-order valence-corrected chi connectivity index (χ2v) is 6.87. The highest BCUT2D eigenvalue weighted by atomic mass is 35.5. The Balaban J connectivity index is 1.67. The van der Waals surface area contributed by atoms with Gasteiger partial charge in [0.2, 0.25) is 0 Å². The Labute approximate surface area is 174 Å². The molecule has 1 N–H and O–H groups in total. The lowest BCUT2D eigenvalue weighted by atomic mass is 10.0. The highest BCUT2D eigenvalue weighted by Gasteiger charge is 2.16. The van der Waals surface area contributed by atoms with Crippen molar-refractivity contribution < 1.29 is 9.53 Å². The Bertz CT molecular complexity index is 1020. The van der Waals surface area contributed by atoms with E-state index in [-0.39, 0.29) is 36.4 Å². The number of ether oxygens (including phenoxy) is 1. The van der Waals surface area contributed by atoms with Crippen molar-refractivity contribution in [3.63, 3.8) is 0 Å². The van der Waals surface area contributed by atoms with E-state index in [0.29, 0.717) is 17.2 Å². The van der Waals surface area contributed by atoms with Gasteiger partial charge < -0.3 is 10.1 Å². The number of rotatable bonds is 8. The number of amides is 1. The quantitative estimate of drug-likeness (QED) is 0.611. The molecule has 150 valence electrons. The van der Waals surface area contributed by atoms with Crippen LogP contribution in [0.15, 0.2) is 71.5 Å². The number of nitrogens with one attached hydrogen (secondary N) is 1. The first-order valence-electron chi connectivity index (χ1n) is 9.39. The first kappa shape index (κ1) is 20.6. The number of aromatic nitrogens is 2. The van der Waals surface area contributed by atoms with Crippen LogP contribution in [0.4, 0.5) is 0 Å². The fraction of sp³-hybridized carbons (Fsp3) is 0.227. The van der Waals surface area contributed by atoms with Crippen molar-refractivity contribution in [2.45, 2.75) is 25.9 Å². The zero-order valence-corrected chi connectivity index (χ0v) is 16.8. The molecule has 1 atom stereocenters. The Kier molecular flexibility index (Phi) is 7.03. The summed E-state index contributed by atoms with van der Waals surface area (Å²) in [5.41, 5.74) is 0.794. The van der Waals surface area contributed by atoms with Crippen LogP contribution >= 0.6 is 11.6 Å². The van der Waals surface area contributed by atoms with Crippen molar-refractivity contribution in [1.82, 2.24) is 15.1 Å². The van der Waals surface area contributed by atoms with E-state index in [1.165, 1.54) is 16.8 Å². The minimum Gasteiger partial charge on any atom is -0.492 e. The van der Waals surface area contributed by atoms with E-state index in [9.17, 15) is 9.59 Å². The number of hydrogen-bond acceptors (Lipinski definition) is 4. The van der Waals surface area contributed by atoms with E-state index >= 15 is 0 Å². The maximum absolute atomic E-state index is 12.7. The molecule has 1 amide bonds. The third kappa shape index (κ3) is 5.68. The van der Waals surface area contributed by atoms with Gasteiger partial charge in [-0.2, -0.15) is 5.10 Å². The van der Waals surface area contributed by atoms with E-state index in [4.69, 9.17) is 16.3 Å². The molecular formula is C22H22ClN3O3. The van der Waals surface area contributed by atoms with Gasteiger partial charge in [0.15, 0.2) is 0 Å². The summed E-state index contributed by atoms with van der Waals surface area (Å²) >= 11 is 6.06. The molecule has 3 rings (SSSR count). The van der Waals surface area contributed by atoms with Crippen LogP contribution in [0.1, 0.15) is 35.4 Å². The van der Waals surface area contributed by atoms with Crippen LogP contribution in [-0.4, -0.2) is 22.3 Å². The minimum absolute atomic E-state index is 0.171. The lowest BCUT2D eigenvalue weighted by Gasteiger charge is -2.17. The van der Waals surface area contributed by atoms with Gasteiger partial charge in [-0.15, -0.1) is 0 Å². The molecule has 0 aliphatic heterocycles. The van der Waals surface area contributed by atoms with Crippen LogP contribution in [0.3, 0.4) is 0 Å². The number of para-hydroxylation sites is 1. The predicted molar refractivity (Wildman–Crippen MR) is 112 cm³/mol. The van der Waals surface area contributed by atoms with E-state index in [0.717, 1.165) is 5.56 Å². The van der Waals surface area contributed by atoms with Crippen LogP contribution in [0, 0.1) is 0 Å². The van der Waals surface area contributed by atoms with Gasteiger partial charge in [-0.25, -0.2) is 4.68 Å². The molecule has 0 aliphatic carbocycles. The summed E-state index contributed by atoms with van der Waals surface area (Å²) in [5, 5.41) is 7.75. The number of carbonyl (C=O) groups excluding carboxylic acids is 1. The number of carbonyl (C=O) groups is 1. The Morgan fingerprint density at radius 1 is 1.14 bits per heavy atom. The molecule has 0 aliphatic rings. The van der Waals surface area contributed by atoms with Crippen molar-refractivity contribution in [1.29, 1.82) is 0 Å². The molecule has 1 unspecified atom stereocenters. The van der Waals surface area contributed by atoms with Gasteiger partial charge in [-0.3, -0.25) is 9.59 Å². The number of benzene rings is 2. The molecule has 0 spiro atoms. The van der Waals surface area contributed by atoms with Gasteiger partial charge in [0.1, 0.15) is 18.1 Å². The van der Waals surface area contributed by atoms with Crippen molar-refractivity contribution in [3.8, 4) is 5.75 Å². The maximum Gasteiger partial charge on any atom is 0.272 e. The standard InChI is InChI=1S/C22H22ClN3O3/c1-2-19(16-7-6-8-17(23)15-16)24-22(28)20-11-12-21(27)26(25-20)13-14-29-18-9-4-3-5-10-18/h3-12,15,19H,2,13-14H2,1H3,(H,24,28). The summed E-state index contributed by atoms with van der Waals surface area (Å²) in [6.07, 6.45) is 0.691. The van der Waals surface area contributed by atoms with E-state index in [2.05, 4.69) is 10.4 Å². The van der Waals surface area contributed by atoms with E-state index in [1.807, 2.05) is 55.5 Å². The zero-order chi connectivity index (χ0) is 20.6. The molecule has 0 saturated heterocycles. The van der Waals surface area contributed by atoms with E-state index in [1.54, 1.807) is 6.07 Å². The summed E-state index contributed by atoms with van der Waals surface area (Å²) in [7, 11) is 0. The lowest BCUT2D eigenvalue weighted by Crippen LogP contribution is -2.32. The van der Waals surface area contributed by atoms with Gasteiger partial charge >= 0.3 is 0 Å². The summed E-state index contributed by atoms with van der Waals surface area (Å²) < 4.78 is 6.84. The lowest BCUT2D eigenvalue weighted by molar-refractivity contribution is 0.0927. The van der Waals surface area contributed by atoms with Gasteiger partial charge in [0.25, 0.3) is 11.5 Å². The zero-order valence-electron chi connectivity index (χ0n) is 16.0. The third-order valence-electron chi connectivity index (χ3n) is 4.38. The Hall–Kier alpha value is -3.12. The summed E-state index contributed by atoms with van der Waals surface area (Å²) in [5.74, 6) is 0.358. The highest BCUT2D eigenvalue weighted by Crippen LogP contribution is 2.20. The maximum atomic E-state index is 12.7. The van der Waals surface area contributed by atoms with Crippen molar-refractivity contribution in [2.75, 3.05) is 6.61 Å². The van der Waals surface area contributed by atoms with Gasteiger partial charge in [-0.1, -0.05) is 48.9 Å². The van der Waals surface area contributed by atoms with Gasteiger partial charge in [-0.05, 0) is 42.3 Å².